The van der Waals surface area contributed by atoms with Crippen LogP contribution in [0.15, 0.2) is 4.99 Å². The first-order chi connectivity index (χ1) is 23.2. The molecular weight excluding hydrogens is 662 g/mol. The van der Waals surface area contributed by atoms with Crippen molar-refractivity contribution in [3.8, 4) is 0 Å². The van der Waals surface area contributed by atoms with Crippen LogP contribution >= 0.6 is 12.6 Å². The first-order valence-corrected chi connectivity index (χ1v) is 17.0. The molecule has 2 aliphatic rings. The number of rotatable bonds is 20. The van der Waals surface area contributed by atoms with Gasteiger partial charge in [-0.1, -0.05) is 0 Å². The van der Waals surface area contributed by atoms with Gasteiger partial charge < -0.3 is 59.5 Å². The molecule has 2 aliphatic heterocycles. The predicted octanol–water partition coefficient (Wildman–Crippen LogP) is -4.18. The third-order valence-corrected chi connectivity index (χ3v) is 8.75. The Labute approximate surface area is 290 Å². The van der Waals surface area contributed by atoms with Gasteiger partial charge in [-0.25, -0.2) is 4.79 Å². The van der Waals surface area contributed by atoms with E-state index in [2.05, 4.69) is 33.6 Å². The summed E-state index contributed by atoms with van der Waals surface area (Å²) in [6, 6.07) is -6.70. The number of carbonyl (C=O) groups excluding carboxylic acids is 6. The smallest absolute Gasteiger partial charge is 0.326 e. The van der Waals surface area contributed by atoms with Gasteiger partial charge in [0.25, 0.3) is 0 Å². The van der Waals surface area contributed by atoms with Gasteiger partial charge >= 0.3 is 5.97 Å². The van der Waals surface area contributed by atoms with Crippen LogP contribution in [0.1, 0.15) is 64.2 Å². The number of primary amides is 1. The molecule has 0 bridgehead atoms. The van der Waals surface area contributed by atoms with E-state index < -0.39 is 84.1 Å². The van der Waals surface area contributed by atoms with Crippen molar-refractivity contribution in [2.24, 2.45) is 33.7 Å². The number of carbonyl (C=O) groups is 7. The SMILES string of the molecule is NCCCC[C@H](NC(=O)[C@H](CC(N)=O)NC(=O)[C@@H](N)CS)C(=O)N1CCC[C@H]1C(=O)N1CCC[C@H]1C(=O)N[C@@H](CCCN=C(N)N)C(=O)O. The molecule has 2 heterocycles. The third-order valence-electron chi connectivity index (χ3n) is 8.35. The van der Waals surface area contributed by atoms with E-state index in [1.807, 2.05) is 0 Å². The van der Waals surface area contributed by atoms with Crippen LogP contribution in [0.2, 0.25) is 0 Å². The number of aliphatic carboxylic acids is 1. The lowest BCUT2D eigenvalue weighted by atomic mass is 10.0. The Hall–Kier alpha value is -4.17. The second-order valence-corrected chi connectivity index (χ2v) is 12.5. The molecule has 0 unspecified atom stereocenters. The average Bonchev–Trinajstić information content (AvgIpc) is 3.74. The lowest BCUT2D eigenvalue weighted by Gasteiger charge is -2.33. The number of nitrogens with two attached hydrogens (primary N) is 5. The van der Waals surface area contributed by atoms with Gasteiger partial charge in [0.2, 0.25) is 35.4 Å². The molecular formula is C29H51N11O8S. The molecule has 0 aromatic carbocycles. The molecule has 49 heavy (non-hydrogen) atoms. The molecule has 2 rings (SSSR count). The minimum absolute atomic E-state index is 0.0261. The van der Waals surface area contributed by atoms with E-state index in [0.717, 1.165) is 0 Å². The number of nitrogens with zero attached hydrogens (tertiary/aromatic N) is 3. The zero-order valence-electron chi connectivity index (χ0n) is 27.6. The van der Waals surface area contributed by atoms with Crippen LogP contribution in [-0.4, -0.2) is 130 Å². The monoisotopic (exact) mass is 713 g/mol. The van der Waals surface area contributed by atoms with Crippen molar-refractivity contribution in [3.05, 3.63) is 0 Å². The summed E-state index contributed by atoms with van der Waals surface area (Å²) in [6.45, 7) is 0.953. The highest BCUT2D eigenvalue weighted by Crippen LogP contribution is 2.26. The summed E-state index contributed by atoms with van der Waals surface area (Å²) in [6.07, 6.45) is 2.53. The maximum absolute atomic E-state index is 14.0. The first-order valence-electron chi connectivity index (χ1n) is 16.4. The Kier molecular flexibility index (Phi) is 17.0. The number of aliphatic imine (C=N–C) groups is 1. The molecule has 6 amide bonds. The number of nitrogens with one attached hydrogen (secondary N) is 3. The molecule has 0 radical (unpaired) electrons. The van der Waals surface area contributed by atoms with Crippen molar-refractivity contribution in [1.29, 1.82) is 0 Å². The highest BCUT2D eigenvalue weighted by molar-refractivity contribution is 7.80. The van der Waals surface area contributed by atoms with Crippen molar-refractivity contribution in [1.82, 2.24) is 25.8 Å². The lowest BCUT2D eigenvalue weighted by Crippen LogP contribution is -2.59. The van der Waals surface area contributed by atoms with Crippen molar-refractivity contribution >= 4 is 60.0 Å². The molecule has 14 N–H and O–H groups in total. The zero-order chi connectivity index (χ0) is 36.7. The fourth-order valence-electron chi connectivity index (χ4n) is 5.81. The van der Waals surface area contributed by atoms with Gasteiger partial charge in [-0.05, 0) is 64.3 Å². The Morgan fingerprint density at radius 3 is 2.02 bits per heavy atom. The third kappa shape index (κ3) is 12.7. The van der Waals surface area contributed by atoms with E-state index >= 15 is 0 Å². The van der Waals surface area contributed by atoms with Gasteiger partial charge in [-0.2, -0.15) is 12.6 Å². The second kappa shape index (κ2) is 20.4. The van der Waals surface area contributed by atoms with Crippen molar-refractivity contribution in [2.45, 2.75) is 100 Å². The van der Waals surface area contributed by atoms with E-state index in [-0.39, 0.29) is 44.2 Å². The number of likely N-dealkylation sites (tertiary alicyclic amines) is 2. The lowest BCUT2D eigenvalue weighted by molar-refractivity contribution is -0.149. The van der Waals surface area contributed by atoms with Crippen LogP contribution in [0.4, 0.5) is 0 Å². The molecule has 0 saturated carbocycles. The standard InChI is InChI=1S/C29H51N11O8S/c30-10-2-1-6-17(36-24(43)19(14-22(32)41)38-23(42)16(31)15-49)26(45)40-13-5-9-21(40)27(46)39-12-4-8-20(39)25(44)37-18(28(47)48)7-3-11-35-29(33)34/h16-21,49H,1-15,30-31H2,(H2,32,41)(H,36,43)(H,37,44)(H,38,42)(H,47,48)(H4,33,34,35)/t16-,17-,18-,19-,20-,21-/m0/s1. The molecule has 2 saturated heterocycles. The number of carboxylic acid groups (broad SMARTS) is 1. The maximum atomic E-state index is 14.0. The van der Waals surface area contributed by atoms with Crippen molar-refractivity contribution in [3.63, 3.8) is 0 Å². The van der Waals surface area contributed by atoms with Crippen LogP contribution in [0.25, 0.3) is 0 Å². The topological polar surface area (TPSA) is 325 Å². The molecule has 0 aliphatic carbocycles. The fraction of sp³-hybridized carbons (Fsp3) is 0.724. The molecule has 276 valence electrons. The number of unbranched alkanes of at least 4 members (excludes halogenated alkanes) is 1. The number of guanidine groups is 1. The number of hydrogen-bond acceptors (Lipinski definition) is 11. The molecule has 19 nitrogen and oxygen atoms in total. The number of carboxylic acids is 1. The van der Waals surface area contributed by atoms with Gasteiger partial charge in [-0.3, -0.25) is 33.8 Å². The van der Waals surface area contributed by atoms with Crippen molar-refractivity contribution in [2.75, 3.05) is 31.9 Å². The van der Waals surface area contributed by atoms with Gasteiger partial charge in [0.1, 0.15) is 30.2 Å². The van der Waals surface area contributed by atoms with Crippen LogP contribution in [0.5, 0.6) is 0 Å². The van der Waals surface area contributed by atoms with E-state index in [0.29, 0.717) is 51.5 Å². The van der Waals surface area contributed by atoms with E-state index in [9.17, 15) is 38.7 Å². The Bertz CT molecular complexity index is 1230. The summed E-state index contributed by atoms with van der Waals surface area (Å²) in [5.41, 5.74) is 27.2. The van der Waals surface area contributed by atoms with Crippen molar-refractivity contribution < 1.29 is 38.7 Å². The van der Waals surface area contributed by atoms with Gasteiger partial charge in [0.15, 0.2) is 5.96 Å². The van der Waals surface area contributed by atoms with Gasteiger partial charge in [0, 0.05) is 25.4 Å². The second-order valence-electron chi connectivity index (χ2n) is 12.1. The molecule has 0 aromatic rings. The first kappa shape index (κ1) is 41.0. The number of thiol groups is 1. The maximum Gasteiger partial charge on any atom is 0.326 e. The van der Waals surface area contributed by atoms with E-state index in [1.165, 1.54) is 9.80 Å². The fourth-order valence-corrected chi connectivity index (χ4v) is 5.97. The summed E-state index contributed by atoms with van der Waals surface area (Å²) in [5, 5.41) is 17.2. The molecule has 0 aromatic heterocycles. The Morgan fingerprint density at radius 2 is 1.43 bits per heavy atom. The van der Waals surface area contributed by atoms with Crippen LogP contribution in [0, 0.1) is 0 Å². The molecule has 0 spiro atoms. The zero-order valence-corrected chi connectivity index (χ0v) is 28.4. The Balaban J connectivity index is 2.20. The highest BCUT2D eigenvalue weighted by Gasteiger charge is 2.44. The minimum Gasteiger partial charge on any atom is -0.480 e. The molecule has 2 fully saturated rings. The average molecular weight is 714 g/mol. The number of amides is 6. The van der Waals surface area contributed by atoms with Gasteiger partial charge in [0.05, 0.1) is 12.5 Å². The summed E-state index contributed by atoms with van der Waals surface area (Å²) in [5.74, 6) is -5.49. The largest absolute Gasteiger partial charge is 0.480 e. The van der Waals surface area contributed by atoms with Crippen LogP contribution < -0.4 is 44.6 Å². The number of hydrogen-bond donors (Lipinski definition) is 10. The normalized spacial score (nSPS) is 19.7. The summed E-state index contributed by atoms with van der Waals surface area (Å²) in [4.78, 5) is 96.9. The molecule has 20 heteroatoms. The van der Waals surface area contributed by atoms with Gasteiger partial charge in [-0.15, -0.1) is 0 Å². The minimum atomic E-state index is -1.42. The Morgan fingerprint density at radius 1 is 0.816 bits per heavy atom. The van der Waals surface area contributed by atoms with Crippen LogP contribution in [-0.2, 0) is 33.6 Å². The summed E-state index contributed by atoms with van der Waals surface area (Å²) in [7, 11) is 0. The van der Waals surface area contributed by atoms with E-state index in [1.54, 1.807) is 0 Å². The summed E-state index contributed by atoms with van der Waals surface area (Å²) < 4.78 is 0. The highest BCUT2D eigenvalue weighted by atomic mass is 32.1. The quantitative estimate of drug-likeness (QED) is 0.0249. The molecule has 6 atom stereocenters. The predicted molar refractivity (Wildman–Crippen MR) is 181 cm³/mol. The summed E-state index contributed by atoms with van der Waals surface area (Å²) >= 11 is 3.97. The van der Waals surface area contributed by atoms with E-state index in [4.69, 9.17) is 28.7 Å². The van der Waals surface area contributed by atoms with Crippen LogP contribution in [0.3, 0.4) is 0 Å².